The first-order chi connectivity index (χ1) is 15.4. The van der Waals surface area contributed by atoms with Crippen molar-refractivity contribution in [2.24, 2.45) is 0 Å². The number of ether oxygens (including phenoxy) is 1. The summed E-state index contributed by atoms with van der Waals surface area (Å²) >= 11 is 6.05. The van der Waals surface area contributed by atoms with E-state index in [4.69, 9.17) is 16.3 Å². The number of carbonyl (C=O) groups is 3. The third-order valence-electron chi connectivity index (χ3n) is 4.93. The Morgan fingerprint density at radius 2 is 1.75 bits per heavy atom. The van der Waals surface area contributed by atoms with Crippen LogP contribution in [-0.4, -0.2) is 17.8 Å². The molecule has 0 unspecified atom stereocenters. The highest BCUT2D eigenvalue weighted by Crippen LogP contribution is 2.28. The van der Waals surface area contributed by atoms with Gasteiger partial charge in [-0.2, -0.15) is 0 Å². The molecule has 3 aromatic rings. The predicted molar refractivity (Wildman–Crippen MR) is 122 cm³/mol. The number of rotatable bonds is 5. The Labute approximate surface area is 190 Å². The highest BCUT2D eigenvalue weighted by atomic mass is 35.5. The molecule has 3 aromatic carbocycles. The minimum absolute atomic E-state index is 0.163. The molecule has 0 radical (unpaired) electrons. The number of nitrogens with zero attached hydrogens (tertiary/aromatic N) is 1. The van der Waals surface area contributed by atoms with Gasteiger partial charge in [0, 0.05) is 5.02 Å². The van der Waals surface area contributed by atoms with Crippen LogP contribution in [0.5, 0.6) is 5.75 Å². The molecule has 4 rings (SSSR count). The summed E-state index contributed by atoms with van der Waals surface area (Å²) in [6.07, 6.45) is 1.44. The van der Waals surface area contributed by atoms with Gasteiger partial charge in [0.1, 0.15) is 17.9 Å². The number of anilines is 1. The van der Waals surface area contributed by atoms with Crippen LogP contribution in [0, 0.1) is 6.92 Å². The van der Waals surface area contributed by atoms with E-state index in [-0.39, 0.29) is 5.57 Å². The Hall–Kier alpha value is -3.90. The summed E-state index contributed by atoms with van der Waals surface area (Å²) in [7, 11) is 0. The molecule has 1 aliphatic heterocycles. The van der Waals surface area contributed by atoms with Gasteiger partial charge in [-0.1, -0.05) is 60.1 Å². The standard InChI is InChI=1S/C25H19ClN2O4/c1-16-10-11-19(26)14-22(16)28-24(30)21(23(29)27-25(28)31)13-18-8-5-9-20(12-18)32-15-17-6-3-2-4-7-17/h2-14H,15H2,1H3,(H,27,29,31)/b21-13-. The number of imide groups is 2. The number of halogens is 1. The van der Waals surface area contributed by atoms with Gasteiger partial charge in [0.25, 0.3) is 11.8 Å². The van der Waals surface area contributed by atoms with Crippen molar-refractivity contribution < 1.29 is 19.1 Å². The Bertz CT molecular complexity index is 1240. The second-order valence-electron chi connectivity index (χ2n) is 7.24. The maximum Gasteiger partial charge on any atom is 0.335 e. The minimum atomic E-state index is -0.817. The molecule has 0 bridgehead atoms. The second kappa shape index (κ2) is 9.08. The molecule has 0 aromatic heterocycles. The van der Waals surface area contributed by atoms with Crippen LogP contribution in [0.4, 0.5) is 10.5 Å². The average molecular weight is 447 g/mol. The summed E-state index contributed by atoms with van der Waals surface area (Å²) in [6.45, 7) is 2.14. The first kappa shape index (κ1) is 21.3. The van der Waals surface area contributed by atoms with E-state index in [9.17, 15) is 14.4 Å². The summed E-state index contributed by atoms with van der Waals surface area (Å²) in [6, 6.07) is 20.8. The summed E-state index contributed by atoms with van der Waals surface area (Å²) in [5.74, 6) is -0.892. The maximum absolute atomic E-state index is 13.1. The van der Waals surface area contributed by atoms with Crippen LogP contribution in [0.25, 0.3) is 6.08 Å². The van der Waals surface area contributed by atoms with E-state index in [2.05, 4.69) is 5.32 Å². The molecule has 32 heavy (non-hydrogen) atoms. The lowest BCUT2D eigenvalue weighted by Crippen LogP contribution is -2.54. The van der Waals surface area contributed by atoms with Crippen molar-refractivity contribution in [1.29, 1.82) is 0 Å². The molecular weight excluding hydrogens is 428 g/mol. The molecular formula is C25H19ClN2O4. The molecule has 1 heterocycles. The summed E-state index contributed by atoms with van der Waals surface area (Å²) < 4.78 is 5.82. The Morgan fingerprint density at radius 1 is 0.969 bits per heavy atom. The van der Waals surface area contributed by atoms with Crippen LogP contribution in [0.3, 0.4) is 0 Å². The fourth-order valence-corrected chi connectivity index (χ4v) is 3.47. The number of nitrogens with one attached hydrogen (secondary N) is 1. The maximum atomic E-state index is 13.1. The van der Waals surface area contributed by atoms with Crippen LogP contribution in [0.2, 0.25) is 5.02 Å². The molecule has 0 saturated carbocycles. The Morgan fingerprint density at radius 3 is 2.53 bits per heavy atom. The third kappa shape index (κ3) is 4.55. The molecule has 0 atom stereocenters. The van der Waals surface area contributed by atoms with Crippen LogP contribution in [0.15, 0.2) is 78.4 Å². The molecule has 1 saturated heterocycles. The van der Waals surface area contributed by atoms with Crippen LogP contribution in [-0.2, 0) is 16.2 Å². The van der Waals surface area contributed by atoms with Crippen molar-refractivity contribution in [2.75, 3.05) is 4.90 Å². The van der Waals surface area contributed by atoms with Crippen molar-refractivity contribution in [2.45, 2.75) is 13.5 Å². The lowest BCUT2D eigenvalue weighted by atomic mass is 10.1. The van der Waals surface area contributed by atoms with Crippen molar-refractivity contribution in [3.8, 4) is 5.75 Å². The molecule has 4 amide bonds. The first-order valence-electron chi connectivity index (χ1n) is 9.87. The lowest BCUT2D eigenvalue weighted by molar-refractivity contribution is -0.122. The van der Waals surface area contributed by atoms with E-state index in [0.29, 0.717) is 34.2 Å². The van der Waals surface area contributed by atoms with Crippen LogP contribution in [0.1, 0.15) is 16.7 Å². The van der Waals surface area contributed by atoms with Gasteiger partial charge in [0.2, 0.25) is 0 Å². The number of benzene rings is 3. The first-order valence-corrected chi connectivity index (χ1v) is 10.2. The Kier molecular flexibility index (Phi) is 6.05. The van der Waals surface area contributed by atoms with Gasteiger partial charge in [0.15, 0.2) is 0 Å². The largest absolute Gasteiger partial charge is 0.489 e. The number of barbiturate groups is 1. The SMILES string of the molecule is Cc1ccc(Cl)cc1N1C(=O)NC(=O)/C(=C/c2cccc(OCc3ccccc3)c2)C1=O. The number of urea groups is 1. The van der Waals surface area contributed by atoms with Gasteiger partial charge in [-0.25, -0.2) is 9.69 Å². The quantitative estimate of drug-likeness (QED) is 0.447. The summed E-state index contributed by atoms with van der Waals surface area (Å²) in [5, 5.41) is 2.59. The normalized spacial score (nSPS) is 15.1. The zero-order valence-corrected chi connectivity index (χ0v) is 17.9. The van der Waals surface area contributed by atoms with E-state index >= 15 is 0 Å². The van der Waals surface area contributed by atoms with Gasteiger partial charge in [-0.3, -0.25) is 14.9 Å². The summed E-state index contributed by atoms with van der Waals surface area (Å²) in [5.41, 5.74) is 2.43. The predicted octanol–water partition coefficient (Wildman–Crippen LogP) is 4.89. The monoisotopic (exact) mass is 446 g/mol. The minimum Gasteiger partial charge on any atom is -0.489 e. The zero-order chi connectivity index (χ0) is 22.7. The van der Waals surface area contributed by atoms with E-state index in [1.165, 1.54) is 12.1 Å². The van der Waals surface area contributed by atoms with Gasteiger partial charge in [-0.05, 0) is 54.0 Å². The molecule has 1 aliphatic rings. The van der Waals surface area contributed by atoms with Gasteiger partial charge < -0.3 is 4.74 Å². The lowest BCUT2D eigenvalue weighted by Gasteiger charge is -2.27. The van der Waals surface area contributed by atoms with Gasteiger partial charge in [-0.15, -0.1) is 0 Å². The van der Waals surface area contributed by atoms with Crippen LogP contribution >= 0.6 is 11.6 Å². The molecule has 0 aliphatic carbocycles. The highest BCUT2D eigenvalue weighted by molar-refractivity contribution is 6.39. The van der Waals surface area contributed by atoms with Gasteiger partial charge >= 0.3 is 6.03 Å². The zero-order valence-electron chi connectivity index (χ0n) is 17.2. The molecule has 1 fully saturated rings. The third-order valence-corrected chi connectivity index (χ3v) is 5.17. The van der Waals surface area contributed by atoms with Crippen molar-refractivity contribution in [3.63, 3.8) is 0 Å². The molecule has 1 N–H and O–H groups in total. The van der Waals surface area contributed by atoms with Crippen molar-refractivity contribution in [3.05, 3.63) is 100 Å². The van der Waals surface area contributed by atoms with Gasteiger partial charge in [0.05, 0.1) is 5.69 Å². The molecule has 7 heteroatoms. The number of aryl methyl sites for hydroxylation is 1. The van der Waals surface area contributed by atoms with Crippen LogP contribution < -0.4 is 15.0 Å². The fourth-order valence-electron chi connectivity index (χ4n) is 3.30. The number of hydrogen-bond acceptors (Lipinski definition) is 4. The number of carbonyl (C=O) groups excluding carboxylic acids is 3. The topological polar surface area (TPSA) is 75.7 Å². The van der Waals surface area contributed by atoms with E-state index in [1.54, 1.807) is 43.3 Å². The smallest absolute Gasteiger partial charge is 0.335 e. The van der Waals surface area contributed by atoms with Crippen molar-refractivity contribution in [1.82, 2.24) is 5.32 Å². The fraction of sp³-hybridized carbons (Fsp3) is 0.0800. The van der Waals surface area contributed by atoms with E-state index in [1.807, 2.05) is 30.3 Å². The Balaban J connectivity index is 1.61. The van der Waals surface area contributed by atoms with Crippen molar-refractivity contribution >= 4 is 41.2 Å². The number of hydrogen-bond donors (Lipinski definition) is 1. The number of amides is 4. The average Bonchev–Trinajstić information content (AvgIpc) is 2.78. The van der Waals surface area contributed by atoms with E-state index < -0.39 is 17.8 Å². The second-order valence-corrected chi connectivity index (χ2v) is 7.67. The molecule has 0 spiro atoms. The highest BCUT2D eigenvalue weighted by Gasteiger charge is 2.37. The summed E-state index contributed by atoms with van der Waals surface area (Å²) in [4.78, 5) is 38.9. The van der Waals surface area contributed by atoms with E-state index in [0.717, 1.165) is 10.5 Å². The molecule has 6 nitrogen and oxygen atoms in total. The molecule has 160 valence electrons.